The Labute approximate surface area is 176 Å². The first-order valence-corrected chi connectivity index (χ1v) is 18.9. The van der Waals surface area contributed by atoms with Crippen molar-refractivity contribution >= 4 is 16.6 Å². The smallest absolute Gasteiger partial charge is 0.241 e. The molecule has 0 aliphatic heterocycles. The van der Waals surface area contributed by atoms with Crippen molar-refractivity contribution in [1.29, 1.82) is 0 Å². The van der Waals surface area contributed by atoms with Crippen molar-refractivity contribution in [3.05, 3.63) is 11.8 Å². The molecule has 0 heterocycles. The third-order valence-corrected chi connectivity index (χ3v) is 10.2. The Morgan fingerprint density at radius 2 is 1.57 bits per heavy atom. The summed E-state index contributed by atoms with van der Waals surface area (Å²) in [7, 11) is -2.93. The summed E-state index contributed by atoms with van der Waals surface area (Å²) in [6.07, 6.45) is 14.1. The zero-order chi connectivity index (χ0) is 20.3. The molecule has 4 heteroatoms. The van der Waals surface area contributed by atoms with E-state index < -0.39 is 16.6 Å². The fraction of sp³-hybridized carbons (Fsp3) is 0.917. The van der Waals surface area contributed by atoms with Crippen molar-refractivity contribution in [2.45, 2.75) is 104 Å². The fourth-order valence-corrected chi connectivity index (χ4v) is 9.62. The van der Waals surface area contributed by atoms with Gasteiger partial charge in [0.15, 0.2) is 8.32 Å². The summed E-state index contributed by atoms with van der Waals surface area (Å²) in [6.45, 7) is 16.6. The topological polar surface area (TPSA) is 18.5 Å². The molecule has 3 saturated carbocycles. The zero-order valence-electron chi connectivity index (χ0n) is 19.5. The van der Waals surface area contributed by atoms with Crippen LogP contribution in [0.2, 0.25) is 39.3 Å². The number of fused-ring (bicyclic) bond motifs is 5. The van der Waals surface area contributed by atoms with Gasteiger partial charge in [-0.3, -0.25) is 0 Å². The van der Waals surface area contributed by atoms with Crippen LogP contribution in [0.3, 0.4) is 0 Å². The molecule has 4 unspecified atom stereocenters. The molecule has 28 heavy (non-hydrogen) atoms. The third kappa shape index (κ3) is 4.07. The molecule has 160 valence electrons. The minimum absolute atomic E-state index is 0.326. The van der Waals surface area contributed by atoms with E-state index in [1.807, 2.05) is 0 Å². The molecule has 0 N–H and O–H groups in total. The van der Waals surface area contributed by atoms with Crippen LogP contribution >= 0.6 is 0 Å². The lowest BCUT2D eigenvalue weighted by Crippen LogP contribution is -2.49. The van der Waals surface area contributed by atoms with Crippen molar-refractivity contribution in [3.8, 4) is 0 Å². The van der Waals surface area contributed by atoms with E-state index in [1.165, 1.54) is 57.1 Å². The largest absolute Gasteiger partial charge is 0.547 e. The molecule has 0 aromatic heterocycles. The highest BCUT2D eigenvalue weighted by Gasteiger charge is 2.56. The average molecular weight is 421 g/mol. The van der Waals surface area contributed by atoms with Gasteiger partial charge in [-0.25, -0.2) is 0 Å². The summed E-state index contributed by atoms with van der Waals surface area (Å²) in [5, 5.41) is 0. The van der Waals surface area contributed by atoms with E-state index >= 15 is 0 Å². The van der Waals surface area contributed by atoms with Crippen LogP contribution in [0, 0.1) is 35.0 Å². The molecule has 4 aliphatic carbocycles. The number of hydrogen-bond acceptors (Lipinski definition) is 2. The monoisotopic (exact) mass is 420 g/mol. The van der Waals surface area contributed by atoms with Gasteiger partial charge in [0.25, 0.3) is 0 Å². The lowest BCUT2D eigenvalue weighted by molar-refractivity contribution is -0.0663. The Morgan fingerprint density at radius 3 is 2.25 bits per heavy atom. The van der Waals surface area contributed by atoms with Crippen molar-refractivity contribution in [2.24, 2.45) is 35.0 Å². The van der Waals surface area contributed by atoms with Crippen molar-refractivity contribution in [3.63, 3.8) is 0 Å². The minimum Gasteiger partial charge on any atom is -0.547 e. The van der Waals surface area contributed by atoms with E-state index in [0.29, 0.717) is 11.5 Å². The summed E-state index contributed by atoms with van der Waals surface area (Å²) in [6, 6.07) is 0. The van der Waals surface area contributed by atoms with Gasteiger partial charge in [0.2, 0.25) is 8.32 Å². The maximum absolute atomic E-state index is 6.61. The lowest BCUT2D eigenvalue weighted by Gasteiger charge is -2.56. The van der Waals surface area contributed by atoms with E-state index in [1.54, 1.807) is 0 Å². The van der Waals surface area contributed by atoms with E-state index in [-0.39, 0.29) is 0 Å². The molecule has 0 saturated heterocycles. The summed E-state index contributed by atoms with van der Waals surface area (Å²) in [5.74, 6) is 6.05. The first kappa shape index (κ1) is 21.2. The van der Waals surface area contributed by atoms with E-state index in [4.69, 9.17) is 8.85 Å². The molecule has 0 amide bonds. The van der Waals surface area contributed by atoms with Crippen LogP contribution in [0.4, 0.5) is 0 Å². The van der Waals surface area contributed by atoms with Gasteiger partial charge in [0.1, 0.15) is 0 Å². The molecule has 0 aromatic rings. The molecule has 3 fully saturated rings. The molecule has 0 spiro atoms. The first-order valence-electron chi connectivity index (χ1n) is 12.0. The van der Waals surface area contributed by atoms with Crippen LogP contribution in [0.15, 0.2) is 11.8 Å². The first-order chi connectivity index (χ1) is 13.0. The van der Waals surface area contributed by atoms with Crippen LogP contribution in [-0.4, -0.2) is 22.7 Å². The van der Waals surface area contributed by atoms with E-state index in [9.17, 15) is 0 Å². The van der Waals surface area contributed by atoms with Crippen molar-refractivity contribution < 1.29 is 8.85 Å². The maximum Gasteiger partial charge on any atom is 0.241 e. The van der Waals surface area contributed by atoms with Gasteiger partial charge in [-0.1, -0.05) is 6.92 Å². The summed E-state index contributed by atoms with van der Waals surface area (Å²) in [4.78, 5) is 0. The Hall–Kier alpha value is -0.0662. The second-order valence-electron chi connectivity index (χ2n) is 12.6. The Morgan fingerprint density at radius 1 is 0.857 bits per heavy atom. The van der Waals surface area contributed by atoms with Crippen molar-refractivity contribution in [1.82, 2.24) is 0 Å². The predicted octanol–water partition coefficient (Wildman–Crippen LogP) is 7.20. The Bertz CT molecular complexity index is 617. The second-order valence-corrected chi connectivity index (χ2v) is 21.5. The molecule has 2 nitrogen and oxygen atoms in total. The van der Waals surface area contributed by atoms with Gasteiger partial charge in [0.05, 0.1) is 5.76 Å². The van der Waals surface area contributed by atoms with Crippen LogP contribution < -0.4 is 0 Å². The highest BCUT2D eigenvalue weighted by atomic mass is 28.4. The Kier molecular flexibility index (Phi) is 5.49. The molecule has 0 aromatic carbocycles. The highest BCUT2D eigenvalue weighted by Crippen LogP contribution is 2.63. The summed E-state index contributed by atoms with van der Waals surface area (Å²) in [5.41, 5.74) is 0.326. The number of allylic oxidation sites excluding steroid dienone is 2. The Balaban J connectivity index is 1.44. The van der Waals surface area contributed by atoms with Gasteiger partial charge in [0, 0.05) is 11.5 Å². The molecular formula is C24H44O2Si2. The quantitative estimate of drug-likeness (QED) is 0.447. The van der Waals surface area contributed by atoms with Gasteiger partial charge < -0.3 is 8.85 Å². The van der Waals surface area contributed by atoms with Crippen molar-refractivity contribution in [2.75, 3.05) is 0 Å². The summed E-state index contributed by atoms with van der Waals surface area (Å²) < 4.78 is 13.1. The zero-order valence-corrected chi connectivity index (χ0v) is 21.5. The number of hydrogen-bond donors (Lipinski definition) is 0. The van der Waals surface area contributed by atoms with Gasteiger partial charge in [-0.2, -0.15) is 0 Å². The normalized spacial score (nSPS) is 43.6. The van der Waals surface area contributed by atoms with Gasteiger partial charge in [-0.15, -0.1) is 0 Å². The second kappa shape index (κ2) is 7.27. The van der Waals surface area contributed by atoms with Crippen LogP contribution in [-0.2, 0) is 8.85 Å². The third-order valence-electron chi connectivity index (χ3n) is 8.35. The van der Waals surface area contributed by atoms with E-state index in [2.05, 4.69) is 52.3 Å². The standard InChI is InChI=1S/C24H44O2Si2/c1-24-15-14-20-19-11-9-18(25-27(2,3)4)16-17(19)8-10-21(20)22(24)12-13-23(24)26-28(5,6)7/h13,17-22H,8-12,14-16H2,1-7H3/t17-,18-,19?,20?,21?,22?,24+/m1/s1. The predicted molar refractivity (Wildman–Crippen MR) is 123 cm³/mol. The molecule has 0 radical (unpaired) electrons. The highest BCUT2D eigenvalue weighted by molar-refractivity contribution is 6.70. The average Bonchev–Trinajstić information content (AvgIpc) is 2.88. The lowest BCUT2D eigenvalue weighted by atomic mass is 9.50. The van der Waals surface area contributed by atoms with Crippen LogP contribution in [0.25, 0.3) is 0 Å². The fourth-order valence-electron chi connectivity index (χ4n) is 7.43. The van der Waals surface area contributed by atoms with Gasteiger partial charge in [-0.05, 0) is 126 Å². The molecular weight excluding hydrogens is 376 g/mol. The van der Waals surface area contributed by atoms with E-state index in [0.717, 1.165) is 29.6 Å². The minimum atomic E-state index is -1.52. The number of rotatable bonds is 4. The molecule has 0 bridgehead atoms. The SMILES string of the molecule is C[C@]12CCC3C(CC[C@@H]4C[C@H](O[Si](C)(C)C)CCC34)C1CC=C2O[Si](C)(C)C. The molecule has 4 rings (SSSR count). The molecule has 4 aliphatic rings. The maximum atomic E-state index is 6.61. The van der Waals surface area contributed by atoms with Crippen LogP contribution in [0.5, 0.6) is 0 Å². The summed E-state index contributed by atoms with van der Waals surface area (Å²) >= 11 is 0. The van der Waals surface area contributed by atoms with Crippen LogP contribution in [0.1, 0.15) is 58.3 Å². The van der Waals surface area contributed by atoms with Gasteiger partial charge >= 0.3 is 0 Å². The molecule has 7 atom stereocenters.